The summed E-state index contributed by atoms with van der Waals surface area (Å²) in [6, 6.07) is 2.12. The third-order valence-electron chi connectivity index (χ3n) is 3.89. The van der Waals surface area contributed by atoms with Crippen molar-refractivity contribution in [2.45, 2.75) is 38.7 Å². The predicted octanol–water partition coefficient (Wildman–Crippen LogP) is 6.01. The second kappa shape index (κ2) is 9.94. The largest absolute Gasteiger partial charge is 0.525 e. The van der Waals surface area contributed by atoms with Crippen LogP contribution in [0.5, 0.6) is 5.75 Å². The molecule has 1 N–H and O–H groups in total. The highest BCUT2D eigenvalue weighted by Gasteiger charge is 2.51. The first-order chi connectivity index (χ1) is 14.7. The summed E-state index contributed by atoms with van der Waals surface area (Å²) in [5, 5.41) is 5.44. The maximum absolute atomic E-state index is 13.7. The average Bonchev–Trinajstić information content (AvgIpc) is 3.03. The minimum atomic E-state index is -5.67. The zero-order valence-electron chi connectivity index (χ0n) is 16.2. The lowest BCUT2D eigenvalue weighted by Gasteiger charge is -2.24. The normalized spacial score (nSPS) is 13.2. The van der Waals surface area contributed by atoms with Crippen LogP contribution in [0, 0.1) is 0 Å². The monoisotopic (exact) mass is 527 g/mol. The summed E-state index contributed by atoms with van der Waals surface area (Å²) in [7, 11) is 1.40. The Balaban J connectivity index is 2.18. The Bertz CT molecular complexity index is 963. The molecular formula is C17H14Cl3F6N3O3. The van der Waals surface area contributed by atoms with E-state index in [1.807, 2.05) is 0 Å². The number of carbonyl (C=O) groups is 1. The molecule has 0 saturated carbocycles. The summed E-state index contributed by atoms with van der Waals surface area (Å²) in [4.78, 5) is 13.7. The zero-order valence-corrected chi connectivity index (χ0v) is 18.4. The lowest BCUT2D eigenvalue weighted by atomic mass is 10.2. The number of carbonyl (C=O) groups excluding carboxylic acids is 1. The molecule has 32 heavy (non-hydrogen) atoms. The molecule has 0 spiro atoms. The molecule has 6 nitrogen and oxygen atoms in total. The van der Waals surface area contributed by atoms with Gasteiger partial charge in [0.1, 0.15) is 5.69 Å². The molecule has 1 amide bonds. The highest BCUT2D eigenvalue weighted by Crippen LogP contribution is 2.40. The van der Waals surface area contributed by atoms with E-state index in [2.05, 4.69) is 19.7 Å². The van der Waals surface area contributed by atoms with Gasteiger partial charge < -0.3 is 9.64 Å². The van der Waals surface area contributed by atoms with Crippen LogP contribution >= 0.6 is 34.8 Å². The minimum absolute atomic E-state index is 0.0291. The number of rotatable bonds is 8. The standard InChI is InChI=1S/C17H14Cl3F6N3O3/c1-3-10-11(20)12(28-27-10)14(30)29(2)6-7-4-8(18)13(9(19)5-7)31-16(22,23)15(21)32-17(24,25)26/h4-5,15H,3,6H2,1-2H3,(H,27,28). The Labute approximate surface area is 192 Å². The third kappa shape index (κ3) is 6.33. The highest BCUT2D eigenvalue weighted by atomic mass is 35.5. The maximum Gasteiger partial charge on any atom is 0.525 e. The summed E-state index contributed by atoms with van der Waals surface area (Å²) in [5.41, 5.74) is 0.750. The molecular weight excluding hydrogens is 515 g/mol. The van der Waals surface area contributed by atoms with E-state index in [0.29, 0.717) is 12.1 Å². The topological polar surface area (TPSA) is 67.5 Å². The molecule has 1 atom stereocenters. The number of ether oxygens (including phenoxy) is 2. The van der Waals surface area contributed by atoms with Gasteiger partial charge in [-0.15, -0.1) is 13.2 Å². The van der Waals surface area contributed by atoms with Gasteiger partial charge in [0.25, 0.3) is 5.91 Å². The summed E-state index contributed by atoms with van der Waals surface area (Å²) in [6.07, 6.45) is -14.4. The van der Waals surface area contributed by atoms with Gasteiger partial charge in [-0.05, 0) is 24.1 Å². The maximum atomic E-state index is 13.7. The van der Waals surface area contributed by atoms with Crippen molar-refractivity contribution < 1.29 is 40.6 Å². The molecule has 0 fully saturated rings. The Morgan fingerprint density at radius 1 is 1.19 bits per heavy atom. The van der Waals surface area contributed by atoms with Crippen molar-refractivity contribution in [3.63, 3.8) is 0 Å². The van der Waals surface area contributed by atoms with Gasteiger partial charge in [0.15, 0.2) is 5.75 Å². The van der Waals surface area contributed by atoms with E-state index in [1.165, 1.54) is 11.9 Å². The Morgan fingerprint density at radius 2 is 1.75 bits per heavy atom. The number of H-pyrrole nitrogens is 1. The smallest absolute Gasteiger partial charge is 0.425 e. The molecule has 0 bridgehead atoms. The number of hydrogen-bond acceptors (Lipinski definition) is 4. The number of aromatic amines is 1. The number of alkyl halides is 6. The molecule has 0 aliphatic rings. The van der Waals surface area contributed by atoms with Crippen LogP contribution in [0.25, 0.3) is 0 Å². The van der Waals surface area contributed by atoms with E-state index in [-0.39, 0.29) is 22.8 Å². The van der Waals surface area contributed by atoms with Crippen LogP contribution in [0.4, 0.5) is 26.3 Å². The molecule has 1 aromatic carbocycles. The van der Waals surface area contributed by atoms with Gasteiger partial charge in [-0.3, -0.25) is 9.89 Å². The number of amides is 1. The van der Waals surface area contributed by atoms with Gasteiger partial charge >= 0.3 is 18.8 Å². The number of nitrogens with zero attached hydrogens (tertiary/aromatic N) is 2. The van der Waals surface area contributed by atoms with Gasteiger partial charge in [-0.25, -0.2) is 9.13 Å². The van der Waals surface area contributed by atoms with E-state index in [1.54, 1.807) is 6.92 Å². The first-order valence-electron chi connectivity index (χ1n) is 8.57. The number of hydrogen-bond donors (Lipinski definition) is 1. The van der Waals surface area contributed by atoms with E-state index in [4.69, 9.17) is 34.8 Å². The molecule has 1 unspecified atom stereocenters. The number of aryl methyl sites for hydroxylation is 1. The van der Waals surface area contributed by atoms with Crippen LogP contribution in [0.3, 0.4) is 0 Å². The molecule has 15 heteroatoms. The number of benzene rings is 1. The molecule has 2 rings (SSSR count). The van der Waals surface area contributed by atoms with Crippen molar-refractivity contribution in [3.8, 4) is 5.75 Å². The van der Waals surface area contributed by atoms with Crippen molar-refractivity contribution in [2.75, 3.05) is 7.05 Å². The minimum Gasteiger partial charge on any atom is -0.425 e. The fraction of sp³-hybridized carbons (Fsp3) is 0.412. The van der Waals surface area contributed by atoms with Crippen molar-refractivity contribution >= 4 is 40.7 Å². The van der Waals surface area contributed by atoms with Crippen molar-refractivity contribution in [1.29, 1.82) is 0 Å². The van der Waals surface area contributed by atoms with Gasteiger partial charge in [-0.2, -0.15) is 13.9 Å². The lowest BCUT2D eigenvalue weighted by molar-refractivity contribution is -0.411. The highest BCUT2D eigenvalue weighted by molar-refractivity contribution is 6.37. The summed E-state index contributed by atoms with van der Waals surface area (Å²) < 4.78 is 83.1. The second-order valence-corrected chi connectivity index (χ2v) is 7.50. The molecule has 0 radical (unpaired) electrons. The first-order valence-corrected chi connectivity index (χ1v) is 9.71. The van der Waals surface area contributed by atoms with Crippen LogP contribution in [-0.4, -0.2) is 46.9 Å². The Kier molecular flexibility index (Phi) is 8.19. The second-order valence-electron chi connectivity index (χ2n) is 6.31. The summed E-state index contributed by atoms with van der Waals surface area (Å²) in [6.45, 7) is 1.66. The molecule has 178 valence electrons. The van der Waals surface area contributed by atoms with Crippen LogP contribution in [0.2, 0.25) is 15.1 Å². The van der Waals surface area contributed by atoms with E-state index >= 15 is 0 Å². The molecule has 1 aromatic heterocycles. The van der Waals surface area contributed by atoms with Crippen molar-refractivity contribution in [2.24, 2.45) is 0 Å². The number of aromatic nitrogens is 2. The predicted molar refractivity (Wildman–Crippen MR) is 103 cm³/mol. The van der Waals surface area contributed by atoms with Crippen LogP contribution < -0.4 is 4.74 Å². The van der Waals surface area contributed by atoms with Crippen LogP contribution in [0.15, 0.2) is 12.1 Å². The third-order valence-corrected chi connectivity index (χ3v) is 4.86. The molecule has 2 aromatic rings. The van der Waals surface area contributed by atoms with Crippen molar-refractivity contribution in [1.82, 2.24) is 15.1 Å². The van der Waals surface area contributed by atoms with E-state index in [9.17, 15) is 31.1 Å². The van der Waals surface area contributed by atoms with Gasteiger partial charge in [0, 0.05) is 13.6 Å². The van der Waals surface area contributed by atoms with Gasteiger partial charge in [0.2, 0.25) is 0 Å². The molecule has 0 aliphatic heterocycles. The first kappa shape index (κ1) is 26.4. The van der Waals surface area contributed by atoms with E-state index < -0.39 is 40.5 Å². The molecule has 1 heterocycles. The Morgan fingerprint density at radius 3 is 2.22 bits per heavy atom. The summed E-state index contributed by atoms with van der Waals surface area (Å²) >= 11 is 17.8. The van der Waals surface area contributed by atoms with Crippen molar-refractivity contribution in [3.05, 3.63) is 44.2 Å². The molecule has 0 aliphatic carbocycles. The fourth-order valence-corrected chi connectivity index (χ4v) is 3.36. The van der Waals surface area contributed by atoms with E-state index in [0.717, 1.165) is 12.1 Å². The summed E-state index contributed by atoms with van der Waals surface area (Å²) in [5.74, 6) is -1.53. The lowest BCUT2D eigenvalue weighted by Crippen LogP contribution is -2.41. The SMILES string of the molecule is CCc1n[nH]c(C(=O)N(C)Cc2cc(Cl)c(OC(F)(F)C(F)OC(F)(F)F)c(Cl)c2)c1Cl. The number of halogens is 9. The number of nitrogens with one attached hydrogen (secondary N) is 1. The van der Waals surface area contributed by atoms with Gasteiger partial charge in [0.05, 0.1) is 20.8 Å². The quantitative estimate of drug-likeness (QED) is 0.426. The van der Waals surface area contributed by atoms with Gasteiger partial charge in [-0.1, -0.05) is 41.7 Å². The fourth-order valence-electron chi connectivity index (χ4n) is 2.45. The Hall–Kier alpha value is -1.89. The van der Waals surface area contributed by atoms with Crippen LogP contribution in [0.1, 0.15) is 28.7 Å². The zero-order chi connectivity index (χ0) is 24.4. The average molecular weight is 529 g/mol. The molecule has 0 saturated heterocycles. The van der Waals surface area contributed by atoms with Crippen LogP contribution in [-0.2, 0) is 17.7 Å².